The number of carboxylic acids is 1. The first-order chi connectivity index (χ1) is 9.02. The third kappa shape index (κ3) is 3.16. The maximum absolute atomic E-state index is 12.2. The molecule has 1 amide bonds. The first kappa shape index (κ1) is 13.6. The van der Waals surface area contributed by atoms with E-state index in [0.717, 1.165) is 24.8 Å². The van der Waals surface area contributed by atoms with Gasteiger partial charge < -0.3 is 14.8 Å². The SMILES string of the molecule is Cc1ccoc1C(=O)NC1(CC(=O)O)CCCCC1. The van der Waals surface area contributed by atoms with E-state index in [-0.39, 0.29) is 18.1 Å². The number of aryl methyl sites for hydroxylation is 1. The van der Waals surface area contributed by atoms with Crippen LogP contribution in [0, 0.1) is 6.92 Å². The van der Waals surface area contributed by atoms with Crippen LogP contribution < -0.4 is 5.32 Å². The predicted molar refractivity (Wildman–Crippen MR) is 69.0 cm³/mol. The number of rotatable bonds is 4. The van der Waals surface area contributed by atoms with Crippen LogP contribution in [0.5, 0.6) is 0 Å². The number of hydrogen-bond acceptors (Lipinski definition) is 3. The molecule has 1 heterocycles. The minimum Gasteiger partial charge on any atom is -0.481 e. The lowest BCUT2D eigenvalue weighted by Crippen LogP contribution is -2.51. The van der Waals surface area contributed by atoms with E-state index in [1.54, 1.807) is 13.0 Å². The highest BCUT2D eigenvalue weighted by Crippen LogP contribution is 2.31. The Balaban J connectivity index is 2.14. The van der Waals surface area contributed by atoms with E-state index in [1.807, 2.05) is 0 Å². The minimum atomic E-state index is -0.877. The number of nitrogens with one attached hydrogen (secondary N) is 1. The van der Waals surface area contributed by atoms with E-state index in [0.29, 0.717) is 12.8 Å². The second kappa shape index (κ2) is 5.47. The van der Waals surface area contributed by atoms with Gasteiger partial charge in [-0.15, -0.1) is 0 Å². The normalized spacial score (nSPS) is 17.9. The zero-order chi connectivity index (χ0) is 13.9. The van der Waals surface area contributed by atoms with Gasteiger partial charge in [0, 0.05) is 5.56 Å². The molecule has 5 nitrogen and oxygen atoms in total. The van der Waals surface area contributed by atoms with Crippen LogP contribution in [0.25, 0.3) is 0 Å². The molecule has 0 atom stereocenters. The van der Waals surface area contributed by atoms with Crippen LogP contribution in [0.1, 0.15) is 54.6 Å². The molecule has 0 aliphatic heterocycles. The predicted octanol–water partition coefficient (Wildman–Crippen LogP) is 2.50. The Bertz CT molecular complexity index is 472. The fourth-order valence-electron chi connectivity index (χ4n) is 2.77. The Kier molecular flexibility index (Phi) is 3.93. The Morgan fingerprint density at radius 1 is 1.37 bits per heavy atom. The molecular weight excluding hydrogens is 246 g/mol. The van der Waals surface area contributed by atoms with Gasteiger partial charge in [-0.3, -0.25) is 9.59 Å². The quantitative estimate of drug-likeness (QED) is 0.876. The molecule has 1 aromatic heterocycles. The lowest BCUT2D eigenvalue weighted by molar-refractivity contribution is -0.139. The van der Waals surface area contributed by atoms with E-state index in [1.165, 1.54) is 6.26 Å². The van der Waals surface area contributed by atoms with Crippen LogP contribution in [0.4, 0.5) is 0 Å². The minimum absolute atomic E-state index is 0.0293. The molecule has 1 saturated carbocycles. The van der Waals surface area contributed by atoms with Gasteiger partial charge in [0.05, 0.1) is 18.2 Å². The highest BCUT2D eigenvalue weighted by Gasteiger charge is 2.36. The molecule has 2 rings (SSSR count). The van der Waals surface area contributed by atoms with Crippen molar-refractivity contribution in [1.29, 1.82) is 0 Å². The molecule has 2 N–H and O–H groups in total. The van der Waals surface area contributed by atoms with Crippen LogP contribution in [0.3, 0.4) is 0 Å². The summed E-state index contributed by atoms with van der Waals surface area (Å²) in [7, 11) is 0. The topological polar surface area (TPSA) is 79.5 Å². The summed E-state index contributed by atoms with van der Waals surface area (Å²) in [6, 6.07) is 1.72. The molecule has 1 aromatic rings. The van der Waals surface area contributed by atoms with Crippen molar-refractivity contribution >= 4 is 11.9 Å². The number of aliphatic carboxylic acids is 1. The average Bonchev–Trinajstić information content (AvgIpc) is 2.75. The number of furan rings is 1. The zero-order valence-corrected chi connectivity index (χ0v) is 11.1. The lowest BCUT2D eigenvalue weighted by Gasteiger charge is -2.36. The first-order valence-electron chi connectivity index (χ1n) is 6.61. The third-order valence-corrected chi connectivity index (χ3v) is 3.75. The second-order valence-electron chi connectivity index (χ2n) is 5.30. The van der Waals surface area contributed by atoms with Crippen molar-refractivity contribution in [3.8, 4) is 0 Å². The van der Waals surface area contributed by atoms with Gasteiger partial charge in [0.15, 0.2) is 5.76 Å². The summed E-state index contributed by atoms with van der Waals surface area (Å²) in [5.74, 6) is -0.917. The summed E-state index contributed by atoms with van der Waals surface area (Å²) in [5.41, 5.74) is 0.138. The summed E-state index contributed by atoms with van der Waals surface area (Å²) in [5, 5.41) is 11.9. The molecule has 0 aromatic carbocycles. The van der Waals surface area contributed by atoms with E-state index in [9.17, 15) is 9.59 Å². The molecular formula is C14H19NO4. The second-order valence-corrected chi connectivity index (χ2v) is 5.30. The number of carboxylic acid groups (broad SMARTS) is 1. The fourth-order valence-corrected chi connectivity index (χ4v) is 2.77. The van der Waals surface area contributed by atoms with Crippen molar-refractivity contribution in [3.05, 3.63) is 23.7 Å². The summed E-state index contributed by atoms with van der Waals surface area (Å²) < 4.78 is 5.16. The standard InChI is InChI=1S/C14H19NO4/c1-10-5-8-19-12(10)13(18)15-14(9-11(16)17)6-3-2-4-7-14/h5,8H,2-4,6-7,9H2,1H3,(H,15,18)(H,16,17). The van der Waals surface area contributed by atoms with Gasteiger partial charge >= 0.3 is 5.97 Å². The van der Waals surface area contributed by atoms with Gasteiger partial charge in [-0.05, 0) is 25.8 Å². The molecule has 0 radical (unpaired) electrons. The molecule has 5 heteroatoms. The monoisotopic (exact) mass is 265 g/mol. The molecule has 1 fully saturated rings. The largest absolute Gasteiger partial charge is 0.481 e. The number of hydrogen-bond donors (Lipinski definition) is 2. The molecule has 0 spiro atoms. The van der Waals surface area contributed by atoms with Crippen LogP contribution in [-0.2, 0) is 4.79 Å². The maximum Gasteiger partial charge on any atom is 0.305 e. The number of carbonyl (C=O) groups excluding carboxylic acids is 1. The highest BCUT2D eigenvalue weighted by molar-refractivity contribution is 5.93. The van der Waals surface area contributed by atoms with Gasteiger partial charge in [0.2, 0.25) is 0 Å². The van der Waals surface area contributed by atoms with Gasteiger partial charge in [-0.1, -0.05) is 19.3 Å². The molecule has 0 bridgehead atoms. The summed E-state index contributed by atoms with van der Waals surface area (Å²) in [6.07, 6.45) is 5.86. The Morgan fingerprint density at radius 3 is 2.58 bits per heavy atom. The summed E-state index contributed by atoms with van der Waals surface area (Å²) in [4.78, 5) is 23.2. The number of amides is 1. The first-order valence-corrected chi connectivity index (χ1v) is 6.61. The lowest BCUT2D eigenvalue weighted by atomic mass is 9.79. The highest BCUT2D eigenvalue weighted by atomic mass is 16.4. The van der Waals surface area contributed by atoms with E-state index >= 15 is 0 Å². The fraction of sp³-hybridized carbons (Fsp3) is 0.571. The molecule has 1 aliphatic rings. The summed E-state index contributed by atoms with van der Waals surface area (Å²) in [6.45, 7) is 1.79. The molecule has 104 valence electrons. The maximum atomic E-state index is 12.2. The van der Waals surface area contributed by atoms with E-state index in [2.05, 4.69) is 5.32 Å². The van der Waals surface area contributed by atoms with Crippen LogP contribution in [0.15, 0.2) is 16.7 Å². The van der Waals surface area contributed by atoms with Crippen molar-refractivity contribution < 1.29 is 19.1 Å². The van der Waals surface area contributed by atoms with Gasteiger partial charge in [0.25, 0.3) is 5.91 Å². The van der Waals surface area contributed by atoms with Gasteiger partial charge in [-0.25, -0.2) is 0 Å². The van der Waals surface area contributed by atoms with Crippen molar-refractivity contribution in [2.45, 2.75) is 51.0 Å². The number of carbonyl (C=O) groups is 2. The van der Waals surface area contributed by atoms with Crippen molar-refractivity contribution in [3.63, 3.8) is 0 Å². The van der Waals surface area contributed by atoms with Crippen LogP contribution >= 0.6 is 0 Å². The molecule has 1 aliphatic carbocycles. The van der Waals surface area contributed by atoms with Crippen molar-refractivity contribution in [2.24, 2.45) is 0 Å². The van der Waals surface area contributed by atoms with Crippen LogP contribution in [0.2, 0.25) is 0 Å². The van der Waals surface area contributed by atoms with Gasteiger partial charge in [0.1, 0.15) is 0 Å². The van der Waals surface area contributed by atoms with Crippen LogP contribution in [-0.4, -0.2) is 22.5 Å². The smallest absolute Gasteiger partial charge is 0.305 e. The average molecular weight is 265 g/mol. The Hall–Kier alpha value is -1.78. The van der Waals surface area contributed by atoms with Crippen molar-refractivity contribution in [1.82, 2.24) is 5.32 Å². The third-order valence-electron chi connectivity index (χ3n) is 3.75. The zero-order valence-electron chi connectivity index (χ0n) is 11.1. The Morgan fingerprint density at radius 2 is 2.05 bits per heavy atom. The Labute approximate surface area is 112 Å². The van der Waals surface area contributed by atoms with E-state index in [4.69, 9.17) is 9.52 Å². The molecule has 0 saturated heterocycles. The van der Waals surface area contributed by atoms with Gasteiger partial charge in [-0.2, -0.15) is 0 Å². The summed E-state index contributed by atoms with van der Waals surface area (Å²) >= 11 is 0. The molecule has 0 unspecified atom stereocenters. The van der Waals surface area contributed by atoms with E-state index < -0.39 is 11.5 Å². The molecule has 19 heavy (non-hydrogen) atoms. The van der Waals surface area contributed by atoms with Crippen molar-refractivity contribution in [2.75, 3.05) is 0 Å².